The molecule has 0 aliphatic rings. The molecule has 1 rings (SSSR count). The largest absolute Gasteiger partial charge is 0.326 e. The number of hydrogen-bond acceptors (Lipinski definition) is 3. The molecule has 0 aliphatic heterocycles. The highest BCUT2D eigenvalue weighted by Crippen LogP contribution is 2.25. The van der Waals surface area contributed by atoms with Gasteiger partial charge in [0.1, 0.15) is 0 Å². The first-order valence-electron chi connectivity index (χ1n) is 8.61. The van der Waals surface area contributed by atoms with Crippen molar-refractivity contribution in [2.24, 2.45) is 0 Å². The van der Waals surface area contributed by atoms with Crippen molar-refractivity contribution >= 4 is 34.8 Å². The van der Waals surface area contributed by atoms with E-state index in [0.29, 0.717) is 29.4 Å². The van der Waals surface area contributed by atoms with Crippen LogP contribution in [0.4, 0.5) is 11.4 Å². The molecule has 24 heavy (non-hydrogen) atoms. The molecule has 1 aromatic carbocycles. The average Bonchev–Trinajstić information content (AvgIpc) is 2.51. The maximum atomic E-state index is 12.3. The first-order valence-corrected chi connectivity index (χ1v) is 8.99. The van der Waals surface area contributed by atoms with Gasteiger partial charge in [0, 0.05) is 12.1 Å². The van der Waals surface area contributed by atoms with Gasteiger partial charge in [0.05, 0.1) is 17.3 Å². The molecular formula is C18H28ClN3O2. The minimum absolute atomic E-state index is 0.0471. The first-order chi connectivity index (χ1) is 11.5. The fourth-order valence-electron chi connectivity index (χ4n) is 2.44. The maximum absolute atomic E-state index is 12.3. The van der Waals surface area contributed by atoms with Gasteiger partial charge in [-0.3, -0.25) is 14.5 Å². The van der Waals surface area contributed by atoms with E-state index in [9.17, 15) is 9.59 Å². The number of nitrogens with zero attached hydrogens (tertiary/aromatic N) is 1. The lowest BCUT2D eigenvalue weighted by molar-refractivity contribution is -0.117. The van der Waals surface area contributed by atoms with Gasteiger partial charge in [-0.05, 0) is 50.6 Å². The summed E-state index contributed by atoms with van der Waals surface area (Å²) in [5, 5.41) is 6.10. The Kier molecular flexibility index (Phi) is 9.42. The predicted octanol–water partition coefficient (Wildman–Crippen LogP) is 4.14. The summed E-state index contributed by atoms with van der Waals surface area (Å²) in [5.41, 5.74) is 1.15. The first kappa shape index (κ1) is 20.5. The standard InChI is InChI=1S/C18H28ClN3O2/c1-4-7-17(23)20-14-8-9-15(19)16(12-14)21-18(24)13-22(10-5-2)11-6-3/h8-9,12H,4-7,10-11,13H2,1-3H3,(H,20,23)(H,21,24). The topological polar surface area (TPSA) is 61.4 Å². The smallest absolute Gasteiger partial charge is 0.238 e. The number of halogens is 1. The second-order valence-electron chi connectivity index (χ2n) is 5.82. The van der Waals surface area contributed by atoms with E-state index in [1.54, 1.807) is 18.2 Å². The van der Waals surface area contributed by atoms with Crippen LogP contribution in [0.2, 0.25) is 5.02 Å². The molecule has 0 radical (unpaired) electrons. The summed E-state index contributed by atoms with van der Waals surface area (Å²) >= 11 is 6.16. The van der Waals surface area contributed by atoms with E-state index < -0.39 is 0 Å². The average molecular weight is 354 g/mol. The van der Waals surface area contributed by atoms with Crippen molar-refractivity contribution in [3.63, 3.8) is 0 Å². The molecule has 0 unspecified atom stereocenters. The summed E-state index contributed by atoms with van der Waals surface area (Å²) in [6.45, 7) is 8.26. The summed E-state index contributed by atoms with van der Waals surface area (Å²) in [6.07, 6.45) is 3.26. The number of carbonyl (C=O) groups is 2. The van der Waals surface area contributed by atoms with E-state index in [1.165, 1.54) is 0 Å². The Morgan fingerprint density at radius 2 is 1.67 bits per heavy atom. The van der Waals surface area contributed by atoms with Crippen molar-refractivity contribution in [3.05, 3.63) is 23.2 Å². The van der Waals surface area contributed by atoms with Crippen molar-refractivity contribution in [1.82, 2.24) is 4.90 Å². The molecular weight excluding hydrogens is 326 g/mol. The van der Waals surface area contributed by atoms with Crippen LogP contribution in [-0.2, 0) is 9.59 Å². The van der Waals surface area contributed by atoms with Crippen LogP contribution in [0.25, 0.3) is 0 Å². The van der Waals surface area contributed by atoms with Gasteiger partial charge >= 0.3 is 0 Å². The summed E-state index contributed by atoms with van der Waals surface area (Å²) in [7, 11) is 0. The fraction of sp³-hybridized carbons (Fsp3) is 0.556. The van der Waals surface area contributed by atoms with Crippen LogP contribution >= 0.6 is 11.6 Å². The second-order valence-corrected chi connectivity index (χ2v) is 6.22. The molecule has 0 aliphatic carbocycles. The SMILES string of the molecule is CCCC(=O)Nc1ccc(Cl)c(NC(=O)CN(CCC)CCC)c1. The molecule has 0 bridgehead atoms. The highest BCUT2D eigenvalue weighted by molar-refractivity contribution is 6.33. The molecule has 2 N–H and O–H groups in total. The normalized spacial score (nSPS) is 10.7. The molecule has 0 atom stereocenters. The van der Waals surface area contributed by atoms with Crippen LogP contribution in [0, 0.1) is 0 Å². The zero-order valence-corrected chi connectivity index (χ0v) is 15.6. The van der Waals surface area contributed by atoms with Gasteiger partial charge in [-0.1, -0.05) is 32.4 Å². The van der Waals surface area contributed by atoms with E-state index in [1.807, 2.05) is 6.92 Å². The van der Waals surface area contributed by atoms with Gasteiger partial charge in [0.15, 0.2) is 0 Å². The van der Waals surface area contributed by atoms with E-state index in [2.05, 4.69) is 29.4 Å². The summed E-state index contributed by atoms with van der Waals surface area (Å²) in [6, 6.07) is 5.10. The lowest BCUT2D eigenvalue weighted by Crippen LogP contribution is -2.34. The van der Waals surface area contributed by atoms with Crippen molar-refractivity contribution in [2.45, 2.75) is 46.5 Å². The number of nitrogens with one attached hydrogen (secondary N) is 2. The third kappa shape index (κ3) is 7.32. The highest BCUT2D eigenvalue weighted by Gasteiger charge is 2.12. The van der Waals surface area contributed by atoms with Gasteiger partial charge in [-0.15, -0.1) is 0 Å². The van der Waals surface area contributed by atoms with Crippen molar-refractivity contribution < 1.29 is 9.59 Å². The van der Waals surface area contributed by atoms with Crippen molar-refractivity contribution in [3.8, 4) is 0 Å². The molecule has 5 nitrogen and oxygen atoms in total. The Hall–Kier alpha value is -1.59. The number of benzene rings is 1. The maximum Gasteiger partial charge on any atom is 0.238 e. The Morgan fingerprint density at radius 3 is 2.25 bits per heavy atom. The van der Waals surface area contributed by atoms with Crippen LogP contribution in [0.3, 0.4) is 0 Å². The summed E-state index contributed by atoms with van der Waals surface area (Å²) in [4.78, 5) is 26.1. The monoisotopic (exact) mass is 353 g/mol. The van der Waals surface area contributed by atoms with Crippen LogP contribution in [-0.4, -0.2) is 36.3 Å². The lowest BCUT2D eigenvalue weighted by atomic mass is 10.2. The minimum Gasteiger partial charge on any atom is -0.326 e. The minimum atomic E-state index is -0.101. The lowest BCUT2D eigenvalue weighted by Gasteiger charge is -2.20. The molecule has 0 spiro atoms. The quantitative estimate of drug-likeness (QED) is 0.664. The molecule has 0 fully saturated rings. The molecule has 0 saturated carbocycles. The number of carbonyl (C=O) groups excluding carboxylic acids is 2. The van der Waals surface area contributed by atoms with Crippen molar-refractivity contribution in [2.75, 3.05) is 30.3 Å². The second kappa shape index (κ2) is 11.0. The third-order valence-electron chi connectivity index (χ3n) is 3.45. The molecule has 2 amide bonds. The van der Waals surface area contributed by atoms with Gasteiger partial charge in [0.25, 0.3) is 0 Å². The Bertz CT molecular complexity index is 543. The van der Waals surface area contributed by atoms with E-state index in [0.717, 1.165) is 32.4 Å². The van der Waals surface area contributed by atoms with Crippen LogP contribution in [0.1, 0.15) is 46.5 Å². The van der Waals surface area contributed by atoms with Gasteiger partial charge < -0.3 is 10.6 Å². The molecule has 1 aromatic rings. The molecule has 0 saturated heterocycles. The third-order valence-corrected chi connectivity index (χ3v) is 3.78. The molecule has 0 heterocycles. The number of rotatable bonds is 10. The Labute approximate surface area is 149 Å². The number of anilines is 2. The Morgan fingerprint density at radius 1 is 1.00 bits per heavy atom. The fourth-order valence-corrected chi connectivity index (χ4v) is 2.61. The zero-order valence-electron chi connectivity index (χ0n) is 14.8. The summed E-state index contributed by atoms with van der Waals surface area (Å²) < 4.78 is 0. The van der Waals surface area contributed by atoms with Crippen LogP contribution in [0.15, 0.2) is 18.2 Å². The van der Waals surface area contributed by atoms with Gasteiger partial charge in [-0.25, -0.2) is 0 Å². The molecule has 0 aromatic heterocycles. The van der Waals surface area contributed by atoms with E-state index >= 15 is 0 Å². The van der Waals surface area contributed by atoms with E-state index in [-0.39, 0.29) is 11.8 Å². The highest BCUT2D eigenvalue weighted by atomic mass is 35.5. The number of amides is 2. The van der Waals surface area contributed by atoms with Gasteiger partial charge in [-0.2, -0.15) is 0 Å². The van der Waals surface area contributed by atoms with E-state index in [4.69, 9.17) is 11.6 Å². The predicted molar refractivity (Wildman–Crippen MR) is 101 cm³/mol. The summed E-state index contributed by atoms with van der Waals surface area (Å²) in [5.74, 6) is -0.148. The molecule has 134 valence electrons. The van der Waals surface area contributed by atoms with Crippen LogP contribution < -0.4 is 10.6 Å². The van der Waals surface area contributed by atoms with Crippen LogP contribution in [0.5, 0.6) is 0 Å². The Balaban J connectivity index is 2.71. The zero-order chi connectivity index (χ0) is 17.9. The molecule has 6 heteroatoms. The number of hydrogen-bond donors (Lipinski definition) is 2. The van der Waals surface area contributed by atoms with Gasteiger partial charge in [0.2, 0.25) is 11.8 Å². The van der Waals surface area contributed by atoms with Crippen molar-refractivity contribution in [1.29, 1.82) is 0 Å².